The number of rotatable bonds is 3. The zero-order valence-electron chi connectivity index (χ0n) is 12.1. The summed E-state index contributed by atoms with van der Waals surface area (Å²) in [6, 6.07) is 11.2. The molecule has 2 rings (SSSR count). The van der Waals surface area contributed by atoms with Gasteiger partial charge in [0.25, 0.3) is 0 Å². The highest BCUT2D eigenvalue weighted by Crippen LogP contribution is 2.32. The van der Waals surface area contributed by atoms with E-state index in [4.69, 9.17) is 4.74 Å². The molecule has 0 aliphatic carbocycles. The van der Waals surface area contributed by atoms with Crippen molar-refractivity contribution in [2.24, 2.45) is 0 Å². The Balaban J connectivity index is 2.59. The van der Waals surface area contributed by atoms with Crippen LogP contribution >= 0.6 is 0 Å². The third-order valence-corrected chi connectivity index (χ3v) is 3.07. The van der Waals surface area contributed by atoms with Crippen molar-refractivity contribution >= 4 is 11.4 Å². The Morgan fingerprint density at radius 3 is 2.57 bits per heavy atom. The zero-order valence-corrected chi connectivity index (χ0v) is 12.1. The molecule has 0 radical (unpaired) electrons. The van der Waals surface area contributed by atoms with Crippen molar-refractivity contribution in [2.45, 2.75) is 13.8 Å². The zero-order chi connectivity index (χ0) is 15.4. The smallest absolute Gasteiger partial charge is 0.143 e. The fourth-order valence-electron chi connectivity index (χ4n) is 2.13. The molecular formula is C16H14N4O. The average molecular weight is 278 g/mol. The van der Waals surface area contributed by atoms with E-state index in [0.717, 1.165) is 5.69 Å². The van der Waals surface area contributed by atoms with Gasteiger partial charge in [0.1, 0.15) is 17.9 Å². The highest BCUT2D eigenvalue weighted by molar-refractivity contribution is 5.76. The second kappa shape index (κ2) is 5.94. The standard InChI is InChI=1S/C16H14N4O/c1-10-7-14(13(9-18)11(2)19-10)20-16-12(8-17)5-4-6-15(16)21-3/h4-7H,1-3H3,(H,19,20). The van der Waals surface area contributed by atoms with Gasteiger partial charge in [-0.2, -0.15) is 10.5 Å². The number of nitriles is 2. The second-order valence-corrected chi connectivity index (χ2v) is 4.50. The van der Waals surface area contributed by atoms with E-state index in [1.807, 2.05) is 6.92 Å². The summed E-state index contributed by atoms with van der Waals surface area (Å²) in [4.78, 5) is 4.27. The molecule has 104 valence electrons. The Morgan fingerprint density at radius 2 is 1.95 bits per heavy atom. The maximum absolute atomic E-state index is 9.29. The van der Waals surface area contributed by atoms with Crippen LogP contribution in [0, 0.1) is 36.5 Å². The molecule has 0 aliphatic rings. The van der Waals surface area contributed by atoms with E-state index in [1.54, 1.807) is 31.2 Å². The number of benzene rings is 1. The highest BCUT2D eigenvalue weighted by atomic mass is 16.5. The van der Waals surface area contributed by atoms with E-state index in [1.165, 1.54) is 7.11 Å². The molecule has 0 unspecified atom stereocenters. The first kappa shape index (κ1) is 14.4. The maximum atomic E-state index is 9.29. The molecule has 0 saturated carbocycles. The van der Waals surface area contributed by atoms with Crippen LogP contribution in [0.1, 0.15) is 22.5 Å². The highest BCUT2D eigenvalue weighted by Gasteiger charge is 2.13. The number of anilines is 2. The molecule has 0 bridgehead atoms. The van der Waals surface area contributed by atoms with Crippen molar-refractivity contribution in [2.75, 3.05) is 12.4 Å². The summed E-state index contributed by atoms with van der Waals surface area (Å²) in [5, 5.41) is 21.7. The van der Waals surface area contributed by atoms with Crippen molar-refractivity contribution in [3.8, 4) is 17.9 Å². The molecule has 1 heterocycles. The molecule has 0 fully saturated rings. The van der Waals surface area contributed by atoms with Crippen molar-refractivity contribution < 1.29 is 4.74 Å². The minimum atomic E-state index is 0.449. The van der Waals surface area contributed by atoms with Gasteiger partial charge < -0.3 is 10.1 Å². The summed E-state index contributed by atoms with van der Waals surface area (Å²) in [7, 11) is 1.54. The summed E-state index contributed by atoms with van der Waals surface area (Å²) >= 11 is 0. The van der Waals surface area contributed by atoms with Crippen LogP contribution in [0.3, 0.4) is 0 Å². The number of hydrogen-bond acceptors (Lipinski definition) is 5. The summed E-state index contributed by atoms with van der Waals surface area (Å²) in [6.07, 6.45) is 0. The van der Waals surface area contributed by atoms with E-state index < -0.39 is 0 Å². The Morgan fingerprint density at radius 1 is 1.19 bits per heavy atom. The van der Waals surface area contributed by atoms with Crippen molar-refractivity contribution in [3.05, 3.63) is 46.8 Å². The number of aryl methyl sites for hydroxylation is 2. The fourth-order valence-corrected chi connectivity index (χ4v) is 2.13. The van der Waals surface area contributed by atoms with Gasteiger partial charge in [-0.3, -0.25) is 4.98 Å². The second-order valence-electron chi connectivity index (χ2n) is 4.50. The summed E-state index contributed by atoms with van der Waals surface area (Å²) in [5.41, 5.74) is 3.50. The first-order valence-electron chi connectivity index (χ1n) is 6.33. The lowest BCUT2D eigenvalue weighted by Crippen LogP contribution is -2.02. The Bertz CT molecular complexity index is 769. The van der Waals surface area contributed by atoms with Gasteiger partial charge in [0.2, 0.25) is 0 Å². The van der Waals surface area contributed by atoms with E-state index in [2.05, 4.69) is 22.4 Å². The minimum Gasteiger partial charge on any atom is -0.495 e. The van der Waals surface area contributed by atoms with Gasteiger partial charge in [-0.25, -0.2) is 0 Å². The van der Waals surface area contributed by atoms with Crippen molar-refractivity contribution in [1.82, 2.24) is 4.98 Å². The number of methoxy groups -OCH3 is 1. The lowest BCUT2D eigenvalue weighted by atomic mass is 10.1. The first-order valence-corrected chi connectivity index (χ1v) is 6.33. The lowest BCUT2D eigenvalue weighted by Gasteiger charge is -2.15. The minimum absolute atomic E-state index is 0.449. The number of nitrogens with one attached hydrogen (secondary N) is 1. The average Bonchev–Trinajstić information content (AvgIpc) is 2.47. The third-order valence-electron chi connectivity index (χ3n) is 3.07. The largest absolute Gasteiger partial charge is 0.495 e. The molecule has 1 aromatic carbocycles. The fraction of sp³-hybridized carbons (Fsp3) is 0.188. The predicted molar refractivity (Wildman–Crippen MR) is 79.4 cm³/mol. The molecular weight excluding hydrogens is 264 g/mol. The molecule has 0 atom stereocenters. The Labute approximate surface area is 123 Å². The van der Waals surface area contributed by atoms with Crippen molar-refractivity contribution in [3.63, 3.8) is 0 Å². The maximum Gasteiger partial charge on any atom is 0.143 e. The van der Waals surface area contributed by atoms with Crippen LogP contribution in [0.5, 0.6) is 5.75 Å². The molecule has 5 nitrogen and oxygen atoms in total. The van der Waals surface area contributed by atoms with E-state index in [9.17, 15) is 10.5 Å². The van der Waals surface area contributed by atoms with Gasteiger partial charge in [-0.15, -0.1) is 0 Å². The molecule has 21 heavy (non-hydrogen) atoms. The van der Waals surface area contributed by atoms with Crippen LogP contribution in [0.2, 0.25) is 0 Å². The predicted octanol–water partition coefficient (Wildman–Crippen LogP) is 3.19. The van der Waals surface area contributed by atoms with Crippen LogP contribution in [0.15, 0.2) is 24.3 Å². The number of hydrogen-bond donors (Lipinski definition) is 1. The van der Waals surface area contributed by atoms with Gasteiger partial charge in [-0.05, 0) is 32.0 Å². The van der Waals surface area contributed by atoms with Crippen LogP contribution in [0.25, 0.3) is 0 Å². The molecule has 0 aliphatic heterocycles. The normalized spacial score (nSPS) is 9.57. The molecule has 1 aromatic heterocycles. The molecule has 2 aromatic rings. The summed E-state index contributed by atoms with van der Waals surface area (Å²) in [6.45, 7) is 3.64. The van der Waals surface area contributed by atoms with Crippen LogP contribution < -0.4 is 10.1 Å². The molecule has 1 N–H and O–H groups in total. The third kappa shape index (κ3) is 2.77. The van der Waals surface area contributed by atoms with Gasteiger partial charge >= 0.3 is 0 Å². The number of para-hydroxylation sites is 1. The quantitative estimate of drug-likeness (QED) is 0.932. The van der Waals surface area contributed by atoms with Crippen molar-refractivity contribution in [1.29, 1.82) is 10.5 Å². The number of ether oxygens (including phenoxy) is 1. The first-order chi connectivity index (χ1) is 10.1. The molecule has 5 heteroatoms. The van der Waals surface area contributed by atoms with E-state index in [-0.39, 0.29) is 0 Å². The van der Waals surface area contributed by atoms with Gasteiger partial charge in [0.15, 0.2) is 0 Å². The van der Waals surface area contributed by atoms with E-state index in [0.29, 0.717) is 33.9 Å². The lowest BCUT2D eigenvalue weighted by molar-refractivity contribution is 0.416. The monoisotopic (exact) mass is 278 g/mol. The molecule has 0 saturated heterocycles. The Hall–Kier alpha value is -3.05. The van der Waals surface area contributed by atoms with Gasteiger partial charge in [-0.1, -0.05) is 6.07 Å². The Kier molecular flexibility index (Phi) is 4.06. The molecule has 0 spiro atoms. The SMILES string of the molecule is COc1cccc(C#N)c1Nc1cc(C)nc(C)c1C#N. The molecule has 0 amide bonds. The van der Waals surface area contributed by atoms with Gasteiger partial charge in [0.05, 0.1) is 35.3 Å². The van der Waals surface area contributed by atoms with E-state index >= 15 is 0 Å². The number of nitrogens with zero attached hydrogens (tertiary/aromatic N) is 3. The van der Waals surface area contributed by atoms with Gasteiger partial charge in [0, 0.05) is 5.69 Å². The van der Waals surface area contributed by atoms with Crippen LogP contribution in [-0.2, 0) is 0 Å². The number of aromatic nitrogens is 1. The van der Waals surface area contributed by atoms with Crippen LogP contribution in [0.4, 0.5) is 11.4 Å². The number of pyridine rings is 1. The van der Waals surface area contributed by atoms with Crippen LogP contribution in [-0.4, -0.2) is 12.1 Å². The summed E-state index contributed by atoms with van der Waals surface area (Å²) in [5.74, 6) is 0.546. The topological polar surface area (TPSA) is 81.7 Å². The summed E-state index contributed by atoms with van der Waals surface area (Å²) < 4.78 is 5.28.